The molecule has 0 bridgehead atoms. The summed E-state index contributed by atoms with van der Waals surface area (Å²) in [6.45, 7) is 0.585. The van der Waals surface area contributed by atoms with Crippen LogP contribution in [0, 0.1) is 0 Å². The molecule has 2 N–H and O–H groups in total. The molecule has 0 saturated carbocycles. The molecule has 0 aromatic heterocycles. The molecule has 0 saturated heterocycles. The zero-order valence-electron chi connectivity index (χ0n) is 13.8. The third-order valence-corrected chi connectivity index (χ3v) is 5.56. The summed E-state index contributed by atoms with van der Waals surface area (Å²) < 4.78 is 25.3. The minimum Gasteiger partial charge on any atom is -0.353 e. The molecular formula is C16H24N4O2S. The topological polar surface area (TPSA) is 73.8 Å². The predicted octanol–water partition coefficient (Wildman–Crippen LogP) is 1.32. The summed E-state index contributed by atoms with van der Waals surface area (Å²) in [6, 6.07) is 7.28. The van der Waals surface area contributed by atoms with Gasteiger partial charge < -0.3 is 10.6 Å². The van der Waals surface area contributed by atoms with Gasteiger partial charge in [-0.05, 0) is 30.5 Å². The molecule has 0 heterocycles. The van der Waals surface area contributed by atoms with Gasteiger partial charge in [0, 0.05) is 33.7 Å². The van der Waals surface area contributed by atoms with Crippen molar-refractivity contribution in [1.82, 2.24) is 14.9 Å². The van der Waals surface area contributed by atoms with Gasteiger partial charge in [0.15, 0.2) is 5.96 Å². The third-order valence-electron chi connectivity index (χ3n) is 3.73. The van der Waals surface area contributed by atoms with Crippen LogP contribution in [0.2, 0.25) is 0 Å². The van der Waals surface area contributed by atoms with E-state index in [2.05, 4.69) is 27.8 Å². The first-order chi connectivity index (χ1) is 10.9. The monoisotopic (exact) mass is 336 g/mol. The van der Waals surface area contributed by atoms with Gasteiger partial charge in [-0.25, -0.2) is 12.7 Å². The molecule has 1 aliphatic carbocycles. The molecule has 6 nitrogen and oxygen atoms in total. The van der Waals surface area contributed by atoms with Gasteiger partial charge in [-0.3, -0.25) is 4.99 Å². The molecule has 2 rings (SSSR count). The molecule has 0 spiro atoms. The Morgan fingerprint density at radius 3 is 2.35 bits per heavy atom. The molecule has 0 unspecified atom stereocenters. The Hall–Kier alpha value is -1.86. The zero-order valence-corrected chi connectivity index (χ0v) is 14.6. The van der Waals surface area contributed by atoms with E-state index in [0.29, 0.717) is 17.5 Å². The van der Waals surface area contributed by atoms with Crippen LogP contribution in [0.5, 0.6) is 0 Å². The van der Waals surface area contributed by atoms with Crippen molar-refractivity contribution < 1.29 is 8.42 Å². The maximum Gasteiger partial charge on any atom is 0.242 e. The number of nitrogens with one attached hydrogen (secondary N) is 2. The highest BCUT2D eigenvalue weighted by atomic mass is 32.2. The lowest BCUT2D eigenvalue weighted by molar-refractivity contribution is 0.520. The van der Waals surface area contributed by atoms with Gasteiger partial charge in [0.1, 0.15) is 0 Å². The average molecular weight is 336 g/mol. The zero-order chi connectivity index (χ0) is 16.9. The molecule has 7 heteroatoms. The maximum absolute atomic E-state index is 12.0. The highest BCUT2D eigenvalue weighted by molar-refractivity contribution is 7.89. The summed E-state index contributed by atoms with van der Waals surface area (Å²) in [4.78, 5) is 4.51. The van der Waals surface area contributed by atoms with Crippen molar-refractivity contribution in [3.8, 4) is 0 Å². The van der Waals surface area contributed by atoms with E-state index in [1.54, 1.807) is 19.2 Å². The van der Waals surface area contributed by atoms with Crippen molar-refractivity contribution in [2.75, 3.05) is 21.1 Å². The van der Waals surface area contributed by atoms with Gasteiger partial charge in [0.05, 0.1) is 4.90 Å². The van der Waals surface area contributed by atoms with Crippen molar-refractivity contribution in [1.29, 1.82) is 0 Å². The van der Waals surface area contributed by atoms with Crippen LogP contribution in [-0.2, 0) is 16.6 Å². The third kappa shape index (κ3) is 4.56. The van der Waals surface area contributed by atoms with Crippen LogP contribution < -0.4 is 10.6 Å². The van der Waals surface area contributed by atoms with Crippen molar-refractivity contribution in [2.24, 2.45) is 4.99 Å². The van der Waals surface area contributed by atoms with E-state index in [4.69, 9.17) is 0 Å². The van der Waals surface area contributed by atoms with E-state index < -0.39 is 10.0 Å². The molecule has 1 aromatic carbocycles. The first kappa shape index (κ1) is 17.5. The Balaban J connectivity index is 1.93. The second-order valence-electron chi connectivity index (χ2n) is 5.64. The number of aliphatic imine (C=N–C) groups is 1. The molecule has 0 radical (unpaired) electrons. The molecule has 1 aliphatic rings. The second kappa shape index (κ2) is 7.61. The highest BCUT2D eigenvalue weighted by Crippen LogP contribution is 2.14. The summed E-state index contributed by atoms with van der Waals surface area (Å²) in [5, 5.41) is 6.61. The van der Waals surface area contributed by atoms with E-state index in [0.717, 1.165) is 24.4 Å². The Morgan fingerprint density at radius 2 is 1.83 bits per heavy atom. The highest BCUT2D eigenvalue weighted by Gasteiger charge is 2.16. The summed E-state index contributed by atoms with van der Waals surface area (Å²) in [5.41, 5.74) is 0.996. The van der Waals surface area contributed by atoms with Crippen LogP contribution in [0.1, 0.15) is 18.4 Å². The summed E-state index contributed by atoms with van der Waals surface area (Å²) >= 11 is 0. The molecule has 0 atom stereocenters. The minimum atomic E-state index is -3.38. The Morgan fingerprint density at radius 1 is 1.22 bits per heavy atom. The van der Waals surface area contributed by atoms with Gasteiger partial charge in [-0.2, -0.15) is 0 Å². The van der Waals surface area contributed by atoms with Gasteiger partial charge >= 0.3 is 0 Å². The Labute approximate surface area is 138 Å². The van der Waals surface area contributed by atoms with Gasteiger partial charge in [-0.1, -0.05) is 24.3 Å². The maximum atomic E-state index is 12.0. The van der Waals surface area contributed by atoms with Gasteiger partial charge in [0.25, 0.3) is 0 Å². The number of hydrogen-bond acceptors (Lipinski definition) is 3. The van der Waals surface area contributed by atoms with Crippen molar-refractivity contribution in [3.63, 3.8) is 0 Å². The lowest BCUT2D eigenvalue weighted by atomic mass is 10.2. The quantitative estimate of drug-likeness (QED) is 0.483. The summed E-state index contributed by atoms with van der Waals surface area (Å²) in [6.07, 6.45) is 6.35. The second-order valence-corrected chi connectivity index (χ2v) is 7.79. The van der Waals surface area contributed by atoms with Crippen molar-refractivity contribution >= 4 is 16.0 Å². The van der Waals surface area contributed by atoms with Crippen LogP contribution in [0.3, 0.4) is 0 Å². The van der Waals surface area contributed by atoms with Crippen LogP contribution >= 0.6 is 0 Å². The molecule has 0 aliphatic heterocycles. The standard InChI is InChI=1S/C16H24N4O2S/c1-17-16(19-14-6-4-5-7-14)18-12-13-8-10-15(11-9-13)23(21,22)20(2)3/h4-5,8-11,14H,6-7,12H2,1-3H3,(H2,17,18,19). The van der Waals surface area contributed by atoms with E-state index in [1.165, 1.54) is 18.4 Å². The first-order valence-corrected chi connectivity index (χ1v) is 9.01. The molecule has 126 valence electrons. The van der Waals surface area contributed by atoms with Crippen molar-refractivity contribution in [2.45, 2.75) is 30.3 Å². The van der Waals surface area contributed by atoms with Crippen molar-refractivity contribution in [3.05, 3.63) is 42.0 Å². The lowest BCUT2D eigenvalue weighted by Gasteiger charge is -2.17. The van der Waals surface area contributed by atoms with Crippen LogP contribution in [-0.4, -0.2) is 45.9 Å². The van der Waals surface area contributed by atoms with Crippen LogP contribution in [0.4, 0.5) is 0 Å². The van der Waals surface area contributed by atoms with Crippen LogP contribution in [0.25, 0.3) is 0 Å². The summed E-state index contributed by atoms with van der Waals surface area (Å²) in [5.74, 6) is 0.753. The lowest BCUT2D eigenvalue weighted by Crippen LogP contribution is -2.42. The normalized spacial score (nSPS) is 16.1. The SMILES string of the molecule is CN=C(NCc1ccc(S(=O)(=O)N(C)C)cc1)NC1CC=CC1. The number of nitrogens with zero attached hydrogens (tertiary/aromatic N) is 2. The van der Waals surface area contributed by atoms with E-state index in [-0.39, 0.29) is 0 Å². The van der Waals surface area contributed by atoms with E-state index >= 15 is 0 Å². The number of benzene rings is 1. The molecule has 0 fully saturated rings. The summed E-state index contributed by atoms with van der Waals surface area (Å²) in [7, 11) is 1.42. The molecular weight excluding hydrogens is 312 g/mol. The predicted molar refractivity (Wildman–Crippen MR) is 92.8 cm³/mol. The number of rotatable bonds is 5. The fourth-order valence-electron chi connectivity index (χ4n) is 2.30. The first-order valence-electron chi connectivity index (χ1n) is 7.57. The smallest absolute Gasteiger partial charge is 0.242 e. The van der Waals surface area contributed by atoms with Gasteiger partial charge in [-0.15, -0.1) is 0 Å². The van der Waals surface area contributed by atoms with E-state index in [9.17, 15) is 8.42 Å². The van der Waals surface area contributed by atoms with Crippen LogP contribution in [0.15, 0.2) is 46.3 Å². The fraction of sp³-hybridized carbons (Fsp3) is 0.438. The molecule has 0 amide bonds. The number of sulfonamides is 1. The molecule has 23 heavy (non-hydrogen) atoms. The molecule has 1 aromatic rings. The average Bonchev–Trinajstić information content (AvgIpc) is 3.04. The largest absolute Gasteiger partial charge is 0.353 e. The van der Waals surface area contributed by atoms with E-state index in [1.807, 2.05) is 12.1 Å². The fourth-order valence-corrected chi connectivity index (χ4v) is 3.20. The minimum absolute atomic E-state index is 0.297. The number of guanidine groups is 1. The van der Waals surface area contributed by atoms with Gasteiger partial charge in [0.2, 0.25) is 10.0 Å². The Bertz CT molecular complexity index is 671. The Kier molecular flexibility index (Phi) is 5.79. The number of hydrogen-bond donors (Lipinski definition) is 2.